The van der Waals surface area contributed by atoms with E-state index in [0.717, 1.165) is 0 Å². The third-order valence-corrected chi connectivity index (χ3v) is 4.02. The molecule has 0 N–H and O–H groups in total. The smallest absolute Gasteiger partial charge is 0.496 e. The van der Waals surface area contributed by atoms with Gasteiger partial charge in [-0.25, -0.2) is 4.39 Å². The van der Waals surface area contributed by atoms with Gasteiger partial charge in [-0.05, 0) is 39.8 Å². The van der Waals surface area contributed by atoms with Gasteiger partial charge < -0.3 is 14.0 Å². The maximum atomic E-state index is 14.1. The van der Waals surface area contributed by atoms with Crippen molar-refractivity contribution in [2.45, 2.75) is 38.9 Å². The van der Waals surface area contributed by atoms with Gasteiger partial charge in [-0.1, -0.05) is 0 Å². The molecule has 1 aromatic rings. The Morgan fingerprint density at radius 2 is 1.75 bits per heavy atom. The Kier molecular flexibility index (Phi) is 3.65. The standard InChI is InChI=1S/C14H18BFO4/c1-13(2)14(3,4)20-15(19-13)12-9(8-17)11(18-5)7-6-10(12)16/h6-8H,1-5H3. The summed E-state index contributed by atoms with van der Waals surface area (Å²) in [5, 5.41) is 0. The molecule has 0 aromatic heterocycles. The molecule has 1 aromatic carbocycles. The lowest BCUT2D eigenvalue weighted by Crippen LogP contribution is -2.41. The highest BCUT2D eigenvalue weighted by Gasteiger charge is 2.53. The van der Waals surface area contributed by atoms with Crippen molar-refractivity contribution in [3.63, 3.8) is 0 Å². The van der Waals surface area contributed by atoms with Crippen molar-refractivity contribution in [3.8, 4) is 5.75 Å². The third-order valence-electron chi connectivity index (χ3n) is 4.02. The van der Waals surface area contributed by atoms with Crippen LogP contribution < -0.4 is 10.2 Å². The quantitative estimate of drug-likeness (QED) is 0.627. The molecule has 108 valence electrons. The Balaban J connectivity index is 2.52. The zero-order valence-corrected chi connectivity index (χ0v) is 12.3. The van der Waals surface area contributed by atoms with Gasteiger partial charge in [0, 0.05) is 5.46 Å². The molecule has 4 nitrogen and oxygen atoms in total. The van der Waals surface area contributed by atoms with Crippen LogP contribution in [0.25, 0.3) is 0 Å². The van der Waals surface area contributed by atoms with Crippen molar-refractivity contribution >= 4 is 18.9 Å². The zero-order valence-electron chi connectivity index (χ0n) is 12.3. The molecule has 0 aliphatic carbocycles. The molecule has 1 aliphatic rings. The minimum atomic E-state index is -0.935. The Labute approximate surface area is 118 Å². The molecule has 1 saturated heterocycles. The lowest BCUT2D eigenvalue weighted by molar-refractivity contribution is 0.00578. The number of halogens is 1. The first-order chi connectivity index (χ1) is 9.23. The van der Waals surface area contributed by atoms with Gasteiger partial charge in [0.2, 0.25) is 0 Å². The van der Waals surface area contributed by atoms with E-state index in [4.69, 9.17) is 14.0 Å². The van der Waals surface area contributed by atoms with Crippen LogP contribution in [0.5, 0.6) is 5.75 Å². The highest BCUT2D eigenvalue weighted by Crippen LogP contribution is 2.37. The first-order valence-electron chi connectivity index (χ1n) is 6.40. The largest absolute Gasteiger partial charge is 0.498 e. The summed E-state index contributed by atoms with van der Waals surface area (Å²) < 4.78 is 30.8. The predicted molar refractivity (Wildman–Crippen MR) is 74.1 cm³/mol. The van der Waals surface area contributed by atoms with Crippen LogP contribution >= 0.6 is 0 Å². The normalized spacial score (nSPS) is 20.0. The zero-order chi connectivity index (χ0) is 15.1. The van der Waals surface area contributed by atoms with Gasteiger partial charge in [-0.2, -0.15) is 0 Å². The predicted octanol–water partition coefficient (Wildman–Crippen LogP) is 1.95. The SMILES string of the molecule is COc1ccc(F)c(B2OC(C)(C)C(C)(C)O2)c1C=O. The Morgan fingerprint density at radius 3 is 2.20 bits per heavy atom. The number of methoxy groups -OCH3 is 1. The molecule has 0 radical (unpaired) electrons. The van der Waals surface area contributed by atoms with Crippen LogP contribution in [-0.4, -0.2) is 31.7 Å². The summed E-state index contributed by atoms with van der Waals surface area (Å²) in [6, 6.07) is 2.65. The number of rotatable bonds is 3. The highest BCUT2D eigenvalue weighted by atomic mass is 19.1. The molecular formula is C14H18BFO4. The lowest BCUT2D eigenvalue weighted by atomic mass is 9.75. The second-order valence-electron chi connectivity index (χ2n) is 5.78. The molecule has 2 rings (SSSR count). The molecular weight excluding hydrogens is 262 g/mol. The van der Waals surface area contributed by atoms with E-state index < -0.39 is 24.1 Å². The number of hydrogen-bond acceptors (Lipinski definition) is 4. The van der Waals surface area contributed by atoms with Crippen molar-refractivity contribution in [1.82, 2.24) is 0 Å². The number of carbonyl (C=O) groups is 1. The lowest BCUT2D eigenvalue weighted by Gasteiger charge is -2.32. The van der Waals surface area contributed by atoms with Gasteiger partial charge in [0.25, 0.3) is 0 Å². The van der Waals surface area contributed by atoms with Crippen molar-refractivity contribution in [3.05, 3.63) is 23.5 Å². The van der Waals surface area contributed by atoms with Crippen molar-refractivity contribution in [2.24, 2.45) is 0 Å². The van der Waals surface area contributed by atoms with Crippen LogP contribution in [0.2, 0.25) is 0 Å². The number of carbonyl (C=O) groups excluding carboxylic acids is 1. The van der Waals surface area contributed by atoms with Crippen molar-refractivity contribution in [2.75, 3.05) is 7.11 Å². The fraction of sp³-hybridized carbons (Fsp3) is 0.500. The summed E-state index contributed by atoms with van der Waals surface area (Å²) in [4.78, 5) is 11.3. The summed E-state index contributed by atoms with van der Waals surface area (Å²) in [6.07, 6.45) is 0.558. The van der Waals surface area contributed by atoms with Crippen LogP contribution in [0.15, 0.2) is 12.1 Å². The molecule has 0 saturated carbocycles. The minimum absolute atomic E-state index is 0.0815. The van der Waals surface area contributed by atoms with E-state index >= 15 is 0 Å². The van der Waals surface area contributed by atoms with Crippen molar-refractivity contribution in [1.29, 1.82) is 0 Å². The molecule has 0 spiro atoms. The number of hydrogen-bond donors (Lipinski definition) is 0. The van der Waals surface area contributed by atoms with E-state index in [1.165, 1.54) is 19.2 Å². The van der Waals surface area contributed by atoms with Gasteiger partial charge in [0.1, 0.15) is 11.6 Å². The van der Waals surface area contributed by atoms with Crippen LogP contribution in [0.4, 0.5) is 4.39 Å². The molecule has 0 atom stereocenters. The van der Waals surface area contributed by atoms with E-state index in [1.807, 2.05) is 27.7 Å². The Bertz CT molecular complexity index is 526. The number of ether oxygens (including phenoxy) is 1. The number of benzene rings is 1. The van der Waals surface area contributed by atoms with E-state index in [-0.39, 0.29) is 11.0 Å². The molecule has 1 aliphatic heterocycles. The fourth-order valence-electron chi connectivity index (χ4n) is 2.09. The molecule has 1 heterocycles. The maximum Gasteiger partial charge on any atom is 0.498 e. The highest BCUT2D eigenvalue weighted by molar-refractivity contribution is 6.63. The Morgan fingerprint density at radius 1 is 1.20 bits per heavy atom. The summed E-state index contributed by atoms with van der Waals surface area (Å²) in [7, 11) is 0.490. The molecule has 0 amide bonds. The average Bonchev–Trinajstić information content (AvgIpc) is 2.57. The molecule has 20 heavy (non-hydrogen) atoms. The summed E-state index contributed by atoms with van der Waals surface area (Å²) in [5.41, 5.74) is -1.01. The topological polar surface area (TPSA) is 44.8 Å². The maximum absolute atomic E-state index is 14.1. The second-order valence-corrected chi connectivity index (χ2v) is 5.78. The first kappa shape index (κ1) is 15.0. The summed E-state index contributed by atoms with van der Waals surface area (Å²) in [5.74, 6) is -0.252. The van der Waals surface area contributed by atoms with E-state index in [0.29, 0.717) is 12.0 Å². The molecule has 1 fully saturated rings. The van der Waals surface area contributed by atoms with E-state index in [2.05, 4.69) is 0 Å². The van der Waals surface area contributed by atoms with Gasteiger partial charge in [0.05, 0.1) is 23.9 Å². The van der Waals surface area contributed by atoms with Crippen molar-refractivity contribution < 1.29 is 23.2 Å². The number of aldehydes is 1. The summed E-state index contributed by atoms with van der Waals surface area (Å²) >= 11 is 0. The van der Waals surface area contributed by atoms with Crippen LogP contribution in [0.1, 0.15) is 38.1 Å². The van der Waals surface area contributed by atoms with E-state index in [1.54, 1.807) is 0 Å². The second kappa shape index (κ2) is 4.86. The van der Waals surface area contributed by atoms with Crippen LogP contribution in [-0.2, 0) is 9.31 Å². The van der Waals surface area contributed by atoms with Gasteiger partial charge in [-0.15, -0.1) is 0 Å². The monoisotopic (exact) mass is 280 g/mol. The van der Waals surface area contributed by atoms with Gasteiger partial charge in [0.15, 0.2) is 6.29 Å². The first-order valence-corrected chi connectivity index (χ1v) is 6.40. The molecule has 6 heteroatoms. The van der Waals surface area contributed by atoms with Crippen LogP contribution in [0.3, 0.4) is 0 Å². The Hall–Kier alpha value is -1.40. The molecule has 0 unspecified atom stereocenters. The van der Waals surface area contributed by atoms with E-state index in [9.17, 15) is 9.18 Å². The molecule has 0 bridgehead atoms. The third kappa shape index (κ3) is 2.23. The van der Waals surface area contributed by atoms with Crippen LogP contribution in [0, 0.1) is 5.82 Å². The average molecular weight is 280 g/mol. The van der Waals surface area contributed by atoms with Gasteiger partial charge in [-0.3, -0.25) is 4.79 Å². The summed E-state index contributed by atoms with van der Waals surface area (Å²) in [6.45, 7) is 7.47. The van der Waals surface area contributed by atoms with Gasteiger partial charge >= 0.3 is 7.12 Å². The fourth-order valence-corrected chi connectivity index (χ4v) is 2.09. The minimum Gasteiger partial charge on any atom is -0.496 e.